The van der Waals surface area contributed by atoms with Gasteiger partial charge >= 0.3 is 11.9 Å². The van der Waals surface area contributed by atoms with Crippen molar-refractivity contribution in [1.82, 2.24) is 0 Å². The monoisotopic (exact) mass is 426 g/mol. The van der Waals surface area contributed by atoms with E-state index in [0.717, 1.165) is 38.9 Å². The van der Waals surface area contributed by atoms with E-state index >= 15 is 0 Å². The van der Waals surface area contributed by atoms with Crippen LogP contribution in [0, 0.1) is 0 Å². The lowest BCUT2D eigenvalue weighted by atomic mass is 10.1. The van der Waals surface area contributed by atoms with E-state index in [1.165, 1.54) is 64.2 Å². The van der Waals surface area contributed by atoms with Crippen LogP contribution in [0.3, 0.4) is 0 Å². The summed E-state index contributed by atoms with van der Waals surface area (Å²) in [6.07, 6.45) is 18.1. The van der Waals surface area contributed by atoms with Crippen molar-refractivity contribution < 1.29 is 28.5 Å². The Labute approximate surface area is 182 Å². The van der Waals surface area contributed by atoms with Crippen molar-refractivity contribution in [2.75, 3.05) is 26.4 Å². The van der Waals surface area contributed by atoms with Crippen molar-refractivity contribution in [3.63, 3.8) is 0 Å². The van der Waals surface area contributed by atoms with Crippen molar-refractivity contribution >= 4 is 11.9 Å². The minimum absolute atomic E-state index is 0.165. The van der Waals surface area contributed by atoms with Gasteiger partial charge in [-0.3, -0.25) is 9.59 Å². The molecule has 6 heteroatoms. The summed E-state index contributed by atoms with van der Waals surface area (Å²) in [6, 6.07) is 0. The van der Waals surface area contributed by atoms with E-state index in [1.54, 1.807) is 0 Å². The first kappa shape index (κ1) is 25.1. The summed E-state index contributed by atoms with van der Waals surface area (Å²) in [5.74, 6) is -0.379. The number of esters is 2. The maximum absolute atomic E-state index is 11.7. The number of ether oxygens (including phenoxy) is 4. The van der Waals surface area contributed by atoms with Crippen LogP contribution in [0.4, 0.5) is 0 Å². The zero-order chi connectivity index (χ0) is 21.3. The van der Waals surface area contributed by atoms with Gasteiger partial charge in [-0.05, 0) is 25.7 Å². The molecule has 0 aliphatic carbocycles. The summed E-state index contributed by atoms with van der Waals surface area (Å²) in [5.41, 5.74) is 0. The second-order valence-electron chi connectivity index (χ2n) is 8.67. The van der Waals surface area contributed by atoms with Crippen molar-refractivity contribution in [3.05, 3.63) is 0 Å². The molecule has 0 bridgehead atoms. The van der Waals surface area contributed by atoms with Crippen LogP contribution >= 0.6 is 0 Å². The molecule has 2 saturated heterocycles. The van der Waals surface area contributed by atoms with Gasteiger partial charge in [-0.25, -0.2) is 0 Å². The molecule has 2 fully saturated rings. The highest BCUT2D eigenvalue weighted by Gasteiger charge is 2.21. The zero-order valence-corrected chi connectivity index (χ0v) is 18.7. The number of carbonyl (C=O) groups is 2. The van der Waals surface area contributed by atoms with Gasteiger partial charge in [0.15, 0.2) is 0 Å². The SMILES string of the molecule is O=C(CCCCCCCCC1CO1)OCCOC(=O)CCCCCCCCC1CO1. The lowest BCUT2D eigenvalue weighted by molar-refractivity contribution is -0.152. The molecule has 0 radical (unpaired) electrons. The predicted molar refractivity (Wildman–Crippen MR) is 115 cm³/mol. The Hall–Kier alpha value is -1.14. The first-order valence-corrected chi connectivity index (χ1v) is 12.3. The molecule has 0 aromatic carbocycles. The Kier molecular flexibility index (Phi) is 13.9. The minimum atomic E-state index is -0.190. The molecule has 6 nitrogen and oxygen atoms in total. The smallest absolute Gasteiger partial charge is 0.305 e. The summed E-state index contributed by atoms with van der Waals surface area (Å²) in [6.45, 7) is 2.24. The fourth-order valence-electron chi connectivity index (χ4n) is 3.62. The normalized spacial score (nSPS) is 19.5. The van der Waals surface area contributed by atoms with Crippen molar-refractivity contribution in [1.29, 1.82) is 0 Å². The van der Waals surface area contributed by atoms with Gasteiger partial charge in [-0.15, -0.1) is 0 Å². The molecule has 0 saturated carbocycles. The molecule has 2 rings (SSSR count). The maximum Gasteiger partial charge on any atom is 0.305 e. The van der Waals surface area contributed by atoms with E-state index in [0.29, 0.717) is 25.0 Å². The molecule has 0 N–H and O–H groups in total. The molecule has 2 unspecified atom stereocenters. The molecule has 30 heavy (non-hydrogen) atoms. The standard InChI is InChI=1S/C24H42O6/c25-23(15-11-7-3-1-5-9-13-21-19-29-21)27-17-18-28-24(26)16-12-8-4-2-6-10-14-22-20-30-22/h21-22H,1-20H2. The Morgan fingerprint density at radius 1 is 0.567 bits per heavy atom. The van der Waals surface area contributed by atoms with Gasteiger partial charge in [0.1, 0.15) is 13.2 Å². The average molecular weight is 427 g/mol. The first-order chi connectivity index (χ1) is 14.7. The van der Waals surface area contributed by atoms with Crippen LogP contribution in [0.25, 0.3) is 0 Å². The molecule has 0 aromatic heterocycles. The molecule has 2 atom stereocenters. The van der Waals surface area contributed by atoms with Crippen molar-refractivity contribution in [3.8, 4) is 0 Å². The van der Waals surface area contributed by atoms with Crippen molar-refractivity contribution in [2.45, 2.75) is 115 Å². The Bertz CT molecular complexity index is 417. The van der Waals surface area contributed by atoms with Crippen LogP contribution in [0.15, 0.2) is 0 Å². The number of unbranched alkanes of at least 4 members (excludes halogenated alkanes) is 10. The molecule has 174 valence electrons. The van der Waals surface area contributed by atoms with E-state index in [1.807, 2.05) is 0 Å². The number of hydrogen-bond acceptors (Lipinski definition) is 6. The van der Waals surface area contributed by atoms with E-state index in [-0.39, 0.29) is 25.2 Å². The largest absolute Gasteiger partial charge is 0.462 e. The summed E-state index contributed by atoms with van der Waals surface area (Å²) < 4.78 is 20.7. The fourth-order valence-corrected chi connectivity index (χ4v) is 3.62. The van der Waals surface area contributed by atoms with Crippen LogP contribution in [0.1, 0.15) is 103 Å². The van der Waals surface area contributed by atoms with Gasteiger partial charge in [0.2, 0.25) is 0 Å². The highest BCUT2D eigenvalue weighted by Crippen LogP contribution is 2.19. The first-order valence-electron chi connectivity index (χ1n) is 12.3. The van der Waals surface area contributed by atoms with E-state index in [2.05, 4.69) is 0 Å². The van der Waals surface area contributed by atoms with Gasteiger partial charge in [-0.2, -0.15) is 0 Å². The highest BCUT2D eigenvalue weighted by molar-refractivity contribution is 5.70. The topological polar surface area (TPSA) is 77.7 Å². The molecule has 0 spiro atoms. The van der Waals surface area contributed by atoms with Crippen LogP contribution in [0.5, 0.6) is 0 Å². The quantitative estimate of drug-likeness (QED) is 0.144. The summed E-state index contributed by atoms with van der Waals surface area (Å²) >= 11 is 0. The van der Waals surface area contributed by atoms with Gasteiger partial charge in [-0.1, -0.05) is 64.2 Å². The molecule has 2 heterocycles. The van der Waals surface area contributed by atoms with E-state index in [4.69, 9.17) is 18.9 Å². The van der Waals surface area contributed by atoms with Gasteiger partial charge in [0, 0.05) is 12.8 Å². The molecular formula is C24H42O6. The zero-order valence-electron chi connectivity index (χ0n) is 18.7. The maximum atomic E-state index is 11.7. The lowest BCUT2D eigenvalue weighted by Crippen LogP contribution is -2.13. The Morgan fingerprint density at radius 2 is 0.900 bits per heavy atom. The van der Waals surface area contributed by atoms with E-state index in [9.17, 15) is 9.59 Å². The van der Waals surface area contributed by atoms with Crippen LogP contribution < -0.4 is 0 Å². The van der Waals surface area contributed by atoms with Crippen LogP contribution in [-0.2, 0) is 28.5 Å². The van der Waals surface area contributed by atoms with Crippen LogP contribution in [0.2, 0.25) is 0 Å². The van der Waals surface area contributed by atoms with Crippen molar-refractivity contribution in [2.24, 2.45) is 0 Å². The Balaban J connectivity index is 1.24. The van der Waals surface area contributed by atoms with Gasteiger partial charge in [0.05, 0.1) is 25.4 Å². The highest BCUT2D eigenvalue weighted by atomic mass is 16.6. The Morgan fingerprint density at radius 3 is 1.27 bits per heavy atom. The molecule has 0 amide bonds. The summed E-state index contributed by atoms with van der Waals surface area (Å²) in [4.78, 5) is 23.4. The van der Waals surface area contributed by atoms with Gasteiger partial charge in [0.25, 0.3) is 0 Å². The fraction of sp³-hybridized carbons (Fsp3) is 0.917. The lowest BCUT2D eigenvalue weighted by Gasteiger charge is -2.07. The number of rotatable bonds is 21. The summed E-state index contributed by atoms with van der Waals surface area (Å²) in [7, 11) is 0. The number of epoxide rings is 2. The molecule has 0 aromatic rings. The predicted octanol–water partition coefficient (Wildman–Crippen LogP) is 5.11. The third-order valence-electron chi connectivity index (χ3n) is 5.73. The number of hydrogen-bond donors (Lipinski definition) is 0. The molecule has 2 aliphatic rings. The minimum Gasteiger partial charge on any atom is -0.462 e. The van der Waals surface area contributed by atoms with Crippen LogP contribution in [-0.4, -0.2) is 50.6 Å². The average Bonchev–Trinajstić information content (AvgIpc) is 3.64. The number of carbonyl (C=O) groups excluding carboxylic acids is 2. The second kappa shape index (κ2) is 16.5. The second-order valence-corrected chi connectivity index (χ2v) is 8.67. The molecule has 2 aliphatic heterocycles. The third-order valence-corrected chi connectivity index (χ3v) is 5.73. The summed E-state index contributed by atoms with van der Waals surface area (Å²) in [5, 5.41) is 0. The third kappa shape index (κ3) is 15.7. The molecular weight excluding hydrogens is 384 g/mol. The van der Waals surface area contributed by atoms with E-state index < -0.39 is 0 Å². The van der Waals surface area contributed by atoms with Gasteiger partial charge < -0.3 is 18.9 Å².